The van der Waals surface area contributed by atoms with Gasteiger partial charge in [-0.1, -0.05) is 0 Å². The molecule has 0 bridgehead atoms. The number of hydrogen-bond donors (Lipinski definition) is 2. The highest BCUT2D eigenvalue weighted by Gasteiger charge is 2.32. The lowest BCUT2D eigenvalue weighted by Crippen LogP contribution is -2.49. The molecule has 12 heavy (non-hydrogen) atoms. The van der Waals surface area contributed by atoms with E-state index in [0.29, 0.717) is 6.61 Å². The van der Waals surface area contributed by atoms with Gasteiger partial charge in [0, 0.05) is 19.4 Å². The van der Waals surface area contributed by atoms with Crippen LogP contribution in [0.2, 0.25) is 0 Å². The van der Waals surface area contributed by atoms with Gasteiger partial charge < -0.3 is 15.2 Å². The molecule has 1 heterocycles. The summed E-state index contributed by atoms with van der Waals surface area (Å²) in [6, 6.07) is 0. The average Bonchev–Trinajstić information content (AvgIpc) is 2.55. The first-order chi connectivity index (χ1) is 5.83. The number of nitrogens with one attached hydrogen (secondary N) is 1. The van der Waals surface area contributed by atoms with E-state index < -0.39 is 0 Å². The summed E-state index contributed by atoms with van der Waals surface area (Å²) in [6.45, 7) is 1.79. The maximum absolute atomic E-state index is 9.20. The molecule has 0 aromatic rings. The molecule has 0 aliphatic carbocycles. The molecule has 1 aliphatic heterocycles. The van der Waals surface area contributed by atoms with Crippen LogP contribution < -0.4 is 5.32 Å². The largest absolute Gasteiger partial charge is 0.394 e. The van der Waals surface area contributed by atoms with Gasteiger partial charge in [-0.15, -0.1) is 0 Å². The summed E-state index contributed by atoms with van der Waals surface area (Å²) in [6.07, 6.45) is 1.07. The SMILES string of the molecule is COCCNC1(CO)CCSC1. The van der Waals surface area contributed by atoms with Crippen molar-refractivity contribution in [2.24, 2.45) is 0 Å². The molecule has 1 unspecified atom stereocenters. The zero-order valence-electron chi connectivity index (χ0n) is 7.51. The van der Waals surface area contributed by atoms with E-state index in [4.69, 9.17) is 4.74 Å². The van der Waals surface area contributed by atoms with Crippen LogP contribution in [0.3, 0.4) is 0 Å². The van der Waals surface area contributed by atoms with E-state index in [2.05, 4.69) is 5.32 Å². The van der Waals surface area contributed by atoms with E-state index in [9.17, 15) is 5.11 Å². The van der Waals surface area contributed by atoms with Crippen molar-refractivity contribution >= 4 is 11.8 Å². The summed E-state index contributed by atoms with van der Waals surface area (Å²) in [5.41, 5.74) is -0.0246. The quantitative estimate of drug-likeness (QED) is 0.604. The van der Waals surface area contributed by atoms with Crippen LogP contribution >= 0.6 is 11.8 Å². The molecular formula is C8H17NO2S. The van der Waals surface area contributed by atoms with Crippen molar-refractivity contribution in [3.63, 3.8) is 0 Å². The topological polar surface area (TPSA) is 41.5 Å². The van der Waals surface area contributed by atoms with Crippen molar-refractivity contribution in [3.8, 4) is 0 Å². The van der Waals surface area contributed by atoms with Gasteiger partial charge in [-0.05, 0) is 12.2 Å². The second-order valence-electron chi connectivity index (χ2n) is 3.16. The minimum Gasteiger partial charge on any atom is -0.394 e. The third-order valence-electron chi connectivity index (χ3n) is 2.21. The molecule has 1 aliphatic rings. The van der Waals surface area contributed by atoms with E-state index in [1.807, 2.05) is 11.8 Å². The van der Waals surface area contributed by atoms with Gasteiger partial charge in [0.1, 0.15) is 0 Å². The van der Waals surface area contributed by atoms with E-state index in [-0.39, 0.29) is 12.1 Å². The lowest BCUT2D eigenvalue weighted by atomic mass is 10.0. The van der Waals surface area contributed by atoms with Crippen LogP contribution in [0.25, 0.3) is 0 Å². The van der Waals surface area contributed by atoms with Crippen LogP contribution in [0.1, 0.15) is 6.42 Å². The van der Waals surface area contributed by atoms with Gasteiger partial charge in [-0.3, -0.25) is 0 Å². The molecule has 1 rings (SSSR count). The predicted molar refractivity (Wildman–Crippen MR) is 51.6 cm³/mol. The highest BCUT2D eigenvalue weighted by molar-refractivity contribution is 7.99. The van der Waals surface area contributed by atoms with Crippen molar-refractivity contribution in [2.45, 2.75) is 12.0 Å². The second kappa shape index (κ2) is 5.07. The third kappa shape index (κ3) is 2.62. The molecule has 1 fully saturated rings. The van der Waals surface area contributed by atoms with Crippen LogP contribution in [-0.4, -0.2) is 49.0 Å². The molecule has 0 aromatic carbocycles. The van der Waals surface area contributed by atoms with Gasteiger partial charge in [0.2, 0.25) is 0 Å². The van der Waals surface area contributed by atoms with Crippen molar-refractivity contribution in [2.75, 3.05) is 38.4 Å². The molecule has 0 spiro atoms. The van der Waals surface area contributed by atoms with Crippen LogP contribution in [0, 0.1) is 0 Å². The lowest BCUT2D eigenvalue weighted by Gasteiger charge is -2.27. The van der Waals surface area contributed by atoms with Crippen LogP contribution in [0.15, 0.2) is 0 Å². The Morgan fingerprint density at radius 3 is 3.00 bits per heavy atom. The summed E-state index contributed by atoms with van der Waals surface area (Å²) < 4.78 is 4.94. The van der Waals surface area contributed by atoms with Crippen molar-refractivity contribution in [1.29, 1.82) is 0 Å². The van der Waals surface area contributed by atoms with E-state index in [1.54, 1.807) is 7.11 Å². The molecule has 2 N–H and O–H groups in total. The molecule has 0 aromatic heterocycles. The minimum atomic E-state index is -0.0246. The van der Waals surface area contributed by atoms with Crippen molar-refractivity contribution in [3.05, 3.63) is 0 Å². The maximum atomic E-state index is 9.20. The van der Waals surface area contributed by atoms with Crippen molar-refractivity contribution in [1.82, 2.24) is 5.32 Å². The molecule has 3 nitrogen and oxygen atoms in total. The van der Waals surface area contributed by atoms with Crippen LogP contribution in [0.5, 0.6) is 0 Å². The number of methoxy groups -OCH3 is 1. The van der Waals surface area contributed by atoms with E-state index >= 15 is 0 Å². The maximum Gasteiger partial charge on any atom is 0.0621 e. The lowest BCUT2D eigenvalue weighted by molar-refractivity contribution is 0.151. The Labute approximate surface area is 77.9 Å². The molecule has 4 heteroatoms. The summed E-state index contributed by atoms with van der Waals surface area (Å²) in [5, 5.41) is 12.5. The molecule has 0 saturated carbocycles. The molecule has 0 amide bonds. The zero-order chi connectivity index (χ0) is 8.86. The number of aliphatic hydroxyl groups excluding tert-OH is 1. The first-order valence-electron chi connectivity index (χ1n) is 4.25. The number of rotatable bonds is 5. The molecular weight excluding hydrogens is 174 g/mol. The fraction of sp³-hybridized carbons (Fsp3) is 1.00. The van der Waals surface area contributed by atoms with Crippen LogP contribution in [-0.2, 0) is 4.74 Å². The highest BCUT2D eigenvalue weighted by Crippen LogP contribution is 2.27. The molecule has 72 valence electrons. The summed E-state index contributed by atoms with van der Waals surface area (Å²) in [5.74, 6) is 2.17. The van der Waals surface area contributed by atoms with Gasteiger partial charge >= 0.3 is 0 Å². The monoisotopic (exact) mass is 191 g/mol. The highest BCUT2D eigenvalue weighted by atomic mass is 32.2. The Morgan fingerprint density at radius 2 is 2.50 bits per heavy atom. The Morgan fingerprint density at radius 1 is 1.67 bits per heavy atom. The van der Waals surface area contributed by atoms with Gasteiger partial charge in [-0.2, -0.15) is 11.8 Å². The molecule has 1 atom stereocenters. The van der Waals surface area contributed by atoms with Crippen molar-refractivity contribution < 1.29 is 9.84 Å². The van der Waals surface area contributed by atoms with E-state index in [1.165, 1.54) is 0 Å². The van der Waals surface area contributed by atoms with Gasteiger partial charge in [0.05, 0.1) is 18.8 Å². The average molecular weight is 191 g/mol. The summed E-state index contributed by atoms with van der Waals surface area (Å²) >= 11 is 1.90. The fourth-order valence-electron chi connectivity index (χ4n) is 1.35. The minimum absolute atomic E-state index is 0.0246. The first kappa shape index (κ1) is 10.3. The zero-order valence-corrected chi connectivity index (χ0v) is 8.32. The van der Waals surface area contributed by atoms with Gasteiger partial charge in [-0.25, -0.2) is 0 Å². The Kier molecular flexibility index (Phi) is 4.35. The number of ether oxygens (including phenoxy) is 1. The van der Waals surface area contributed by atoms with Crippen LogP contribution in [0.4, 0.5) is 0 Å². The Bertz CT molecular complexity index is 126. The summed E-state index contributed by atoms with van der Waals surface area (Å²) in [7, 11) is 1.69. The normalized spacial score (nSPS) is 29.5. The fourth-order valence-corrected chi connectivity index (χ4v) is 2.75. The van der Waals surface area contributed by atoms with E-state index in [0.717, 1.165) is 24.5 Å². The first-order valence-corrected chi connectivity index (χ1v) is 5.41. The standard InChI is InChI=1S/C8H17NO2S/c1-11-4-3-9-8(6-10)2-5-12-7-8/h9-10H,2-7H2,1H3. The second-order valence-corrected chi connectivity index (χ2v) is 4.27. The molecule has 0 radical (unpaired) electrons. The Balaban J connectivity index is 2.24. The molecule has 1 saturated heterocycles. The Hall–Kier alpha value is 0.230. The number of thioether (sulfide) groups is 1. The summed E-state index contributed by atoms with van der Waals surface area (Å²) in [4.78, 5) is 0. The third-order valence-corrected chi connectivity index (χ3v) is 3.46. The van der Waals surface area contributed by atoms with Gasteiger partial charge in [0.15, 0.2) is 0 Å². The predicted octanol–water partition coefficient (Wildman–Crippen LogP) is 0.0904. The smallest absolute Gasteiger partial charge is 0.0621 e. The number of aliphatic hydroxyl groups is 1. The number of hydrogen-bond acceptors (Lipinski definition) is 4. The van der Waals surface area contributed by atoms with Gasteiger partial charge in [0.25, 0.3) is 0 Å².